The van der Waals surface area contributed by atoms with E-state index in [2.05, 4.69) is 54.0 Å². The molecule has 1 aromatic carbocycles. The van der Waals surface area contributed by atoms with E-state index in [0.29, 0.717) is 11.6 Å². The van der Waals surface area contributed by atoms with Crippen LogP contribution in [0.4, 0.5) is 5.82 Å². The fourth-order valence-electron chi connectivity index (χ4n) is 1.17. The first-order valence-electron chi connectivity index (χ1n) is 4.80. The third-order valence-corrected chi connectivity index (χ3v) is 4.15. The summed E-state index contributed by atoms with van der Waals surface area (Å²) in [5.41, 5.74) is 5.70. The number of thioether (sulfide) groups is 1. The number of anilines is 1. The van der Waals surface area contributed by atoms with Crippen molar-refractivity contribution >= 4 is 49.4 Å². The second kappa shape index (κ2) is 5.84. The summed E-state index contributed by atoms with van der Waals surface area (Å²) < 4.78 is 1.81. The predicted molar refractivity (Wildman–Crippen MR) is 77.8 cm³/mol. The van der Waals surface area contributed by atoms with Crippen LogP contribution >= 0.6 is 43.6 Å². The highest BCUT2D eigenvalue weighted by molar-refractivity contribution is 9.10. The smallest absolute Gasteiger partial charge is 0.141 e. The van der Waals surface area contributed by atoms with Crippen molar-refractivity contribution in [3.8, 4) is 0 Å². The van der Waals surface area contributed by atoms with Crippen molar-refractivity contribution in [2.24, 2.45) is 0 Å². The van der Waals surface area contributed by atoms with E-state index in [1.807, 2.05) is 12.1 Å². The molecule has 2 aromatic rings. The molecule has 2 rings (SSSR count). The summed E-state index contributed by atoms with van der Waals surface area (Å²) in [7, 11) is 0. The number of nitrogen functional groups attached to an aromatic ring is 1. The zero-order valence-electron chi connectivity index (χ0n) is 8.73. The molecule has 6 heteroatoms. The summed E-state index contributed by atoms with van der Waals surface area (Å²) in [6, 6.07) is 8.13. The lowest BCUT2D eigenvalue weighted by Gasteiger charge is -2.03. The molecular formula is C11H9Br2N3S. The third kappa shape index (κ3) is 3.69. The van der Waals surface area contributed by atoms with Gasteiger partial charge in [0.25, 0.3) is 0 Å². The number of halogens is 2. The molecule has 0 unspecified atom stereocenters. The molecule has 2 N–H and O–H groups in total. The molecule has 0 bridgehead atoms. The van der Waals surface area contributed by atoms with E-state index in [-0.39, 0.29) is 0 Å². The number of benzene rings is 1. The van der Waals surface area contributed by atoms with Crippen molar-refractivity contribution in [1.82, 2.24) is 9.97 Å². The maximum atomic E-state index is 5.70. The number of hydrogen-bond acceptors (Lipinski definition) is 4. The SMILES string of the molecule is Nc1nc(CSc2ccc(Br)cc2)ncc1Br. The summed E-state index contributed by atoms with van der Waals surface area (Å²) in [6.45, 7) is 0. The second-order valence-electron chi connectivity index (χ2n) is 3.26. The highest BCUT2D eigenvalue weighted by Crippen LogP contribution is 2.24. The van der Waals surface area contributed by atoms with Gasteiger partial charge in [-0.1, -0.05) is 15.9 Å². The van der Waals surface area contributed by atoms with Crippen LogP contribution in [0.3, 0.4) is 0 Å². The normalized spacial score (nSPS) is 10.5. The highest BCUT2D eigenvalue weighted by Gasteiger charge is 2.02. The van der Waals surface area contributed by atoms with E-state index in [1.165, 1.54) is 4.90 Å². The van der Waals surface area contributed by atoms with Gasteiger partial charge in [-0.2, -0.15) is 0 Å². The van der Waals surface area contributed by atoms with E-state index in [1.54, 1.807) is 18.0 Å². The van der Waals surface area contributed by atoms with E-state index in [9.17, 15) is 0 Å². The molecule has 1 heterocycles. The Hall–Kier alpha value is -0.590. The summed E-state index contributed by atoms with van der Waals surface area (Å²) in [5, 5.41) is 0. The molecule has 0 fully saturated rings. The van der Waals surface area contributed by atoms with Gasteiger partial charge >= 0.3 is 0 Å². The summed E-state index contributed by atoms with van der Waals surface area (Å²) >= 11 is 8.35. The van der Waals surface area contributed by atoms with Gasteiger partial charge in [-0.3, -0.25) is 0 Å². The lowest BCUT2D eigenvalue weighted by atomic mass is 10.4. The Labute approximate surface area is 120 Å². The Morgan fingerprint density at radius 1 is 1.18 bits per heavy atom. The van der Waals surface area contributed by atoms with E-state index < -0.39 is 0 Å². The van der Waals surface area contributed by atoms with Crippen LogP contribution in [-0.2, 0) is 5.75 Å². The highest BCUT2D eigenvalue weighted by atomic mass is 79.9. The van der Waals surface area contributed by atoms with E-state index in [4.69, 9.17) is 5.73 Å². The number of aromatic nitrogens is 2. The molecule has 17 heavy (non-hydrogen) atoms. The topological polar surface area (TPSA) is 51.8 Å². The first-order chi connectivity index (χ1) is 8.15. The number of rotatable bonds is 3. The fourth-order valence-corrected chi connectivity index (χ4v) is 2.39. The summed E-state index contributed by atoms with van der Waals surface area (Å²) in [4.78, 5) is 9.58. The monoisotopic (exact) mass is 373 g/mol. The van der Waals surface area contributed by atoms with Crippen LogP contribution in [0, 0.1) is 0 Å². The van der Waals surface area contributed by atoms with Crippen LogP contribution < -0.4 is 5.73 Å². The van der Waals surface area contributed by atoms with Gasteiger partial charge in [0, 0.05) is 15.6 Å². The molecule has 1 aromatic heterocycles. The maximum Gasteiger partial charge on any atom is 0.141 e. The van der Waals surface area contributed by atoms with Crippen LogP contribution in [0.15, 0.2) is 44.3 Å². The molecule has 0 radical (unpaired) electrons. The molecule has 0 saturated heterocycles. The molecule has 0 amide bonds. The molecule has 0 aliphatic carbocycles. The average molecular weight is 375 g/mol. The van der Waals surface area contributed by atoms with Crippen LogP contribution in [-0.4, -0.2) is 9.97 Å². The standard InChI is InChI=1S/C11H9Br2N3S/c12-7-1-3-8(4-2-7)17-6-10-15-5-9(13)11(14)16-10/h1-5H,6H2,(H2,14,15,16). The fraction of sp³-hybridized carbons (Fsp3) is 0.0909. The van der Waals surface area contributed by atoms with Gasteiger partial charge in [0.1, 0.15) is 11.6 Å². The van der Waals surface area contributed by atoms with Gasteiger partial charge in [-0.05, 0) is 40.2 Å². The van der Waals surface area contributed by atoms with Crippen LogP contribution in [0.25, 0.3) is 0 Å². The van der Waals surface area contributed by atoms with Crippen molar-refractivity contribution in [2.75, 3.05) is 5.73 Å². The van der Waals surface area contributed by atoms with Gasteiger partial charge < -0.3 is 5.73 Å². The van der Waals surface area contributed by atoms with Crippen LogP contribution in [0.1, 0.15) is 5.82 Å². The summed E-state index contributed by atoms with van der Waals surface area (Å²) in [6.07, 6.45) is 1.68. The minimum Gasteiger partial charge on any atom is -0.383 e. The Morgan fingerprint density at radius 3 is 2.53 bits per heavy atom. The quantitative estimate of drug-likeness (QED) is 0.828. The average Bonchev–Trinajstić information content (AvgIpc) is 2.33. The number of nitrogens with two attached hydrogens (primary N) is 1. The molecule has 88 valence electrons. The molecule has 3 nitrogen and oxygen atoms in total. The number of nitrogens with zero attached hydrogens (tertiary/aromatic N) is 2. The lowest BCUT2D eigenvalue weighted by Crippen LogP contribution is -1.98. The van der Waals surface area contributed by atoms with Crippen molar-refractivity contribution < 1.29 is 0 Å². The van der Waals surface area contributed by atoms with Gasteiger partial charge in [-0.15, -0.1) is 11.8 Å². The Bertz CT molecular complexity index is 517. The molecule has 0 aliphatic rings. The molecule has 0 spiro atoms. The summed E-state index contributed by atoms with van der Waals surface area (Å²) in [5.74, 6) is 1.92. The van der Waals surface area contributed by atoms with Gasteiger partial charge in [0.05, 0.1) is 10.2 Å². The van der Waals surface area contributed by atoms with Crippen LogP contribution in [0.2, 0.25) is 0 Å². The Kier molecular flexibility index (Phi) is 4.42. The van der Waals surface area contributed by atoms with Crippen molar-refractivity contribution in [2.45, 2.75) is 10.6 Å². The maximum absolute atomic E-state index is 5.70. The molecule has 0 saturated carbocycles. The zero-order valence-corrected chi connectivity index (χ0v) is 12.7. The Morgan fingerprint density at radius 2 is 1.88 bits per heavy atom. The number of hydrogen-bond donors (Lipinski definition) is 1. The van der Waals surface area contributed by atoms with E-state index in [0.717, 1.165) is 14.8 Å². The van der Waals surface area contributed by atoms with E-state index >= 15 is 0 Å². The molecule has 0 atom stereocenters. The third-order valence-electron chi connectivity index (χ3n) is 2.00. The predicted octanol–water partition coefficient (Wildman–Crippen LogP) is 3.88. The second-order valence-corrected chi connectivity index (χ2v) is 6.08. The van der Waals surface area contributed by atoms with Crippen molar-refractivity contribution in [1.29, 1.82) is 0 Å². The van der Waals surface area contributed by atoms with Crippen molar-refractivity contribution in [3.05, 3.63) is 45.2 Å². The first-order valence-corrected chi connectivity index (χ1v) is 7.37. The minimum atomic E-state index is 0.478. The first kappa shape index (κ1) is 12.9. The largest absolute Gasteiger partial charge is 0.383 e. The van der Waals surface area contributed by atoms with Gasteiger partial charge in [0.2, 0.25) is 0 Å². The minimum absolute atomic E-state index is 0.478. The van der Waals surface area contributed by atoms with Crippen molar-refractivity contribution in [3.63, 3.8) is 0 Å². The molecular weight excluding hydrogens is 366 g/mol. The van der Waals surface area contributed by atoms with Gasteiger partial charge in [0.15, 0.2) is 0 Å². The lowest BCUT2D eigenvalue weighted by molar-refractivity contribution is 1.03. The van der Waals surface area contributed by atoms with Gasteiger partial charge in [-0.25, -0.2) is 9.97 Å². The molecule has 0 aliphatic heterocycles. The Balaban J connectivity index is 2.02. The van der Waals surface area contributed by atoms with Crippen LogP contribution in [0.5, 0.6) is 0 Å². The zero-order chi connectivity index (χ0) is 12.3.